The Balaban J connectivity index is 1.72. The number of nitrogens with zero attached hydrogens (tertiary/aromatic N) is 1. The van der Waals surface area contributed by atoms with Crippen LogP contribution in [0.1, 0.15) is 9.75 Å². The molecule has 3 heterocycles. The molecule has 0 radical (unpaired) electrons. The molecule has 19 heavy (non-hydrogen) atoms. The van der Waals surface area contributed by atoms with Gasteiger partial charge in [0.15, 0.2) is 0 Å². The molecule has 0 aliphatic carbocycles. The second-order valence-electron chi connectivity index (χ2n) is 4.71. The average molecular weight is 292 g/mol. The fourth-order valence-corrected chi connectivity index (χ4v) is 3.55. The molecule has 0 atom stereocenters. The van der Waals surface area contributed by atoms with Crippen molar-refractivity contribution in [2.75, 3.05) is 13.1 Å². The van der Waals surface area contributed by atoms with Crippen LogP contribution in [0.5, 0.6) is 0 Å². The van der Waals surface area contributed by atoms with E-state index in [0.717, 1.165) is 26.2 Å². The van der Waals surface area contributed by atoms with Crippen molar-refractivity contribution in [3.05, 3.63) is 44.8 Å². The Morgan fingerprint density at radius 3 is 2.11 bits per heavy atom. The van der Waals surface area contributed by atoms with Crippen molar-refractivity contribution in [2.24, 2.45) is 5.92 Å². The first kappa shape index (κ1) is 12.8. The summed E-state index contributed by atoms with van der Waals surface area (Å²) in [4.78, 5) is 17.0. The number of hydrogen-bond donors (Lipinski definition) is 1. The number of carbonyl (C=O) groups excluding carboxylic acids is 1. The van der Waals surface area contributed by atoms with Crippen LogP contribution in [0.2, 0.25) is 0 Å². The van der Waals surface area contributed by atoms with Crippen LogP contribution >= 0.6 is 22.7 Å². The monoisotopic (exact) mass is 292 g/mol. The van der Waals surface area contributed by atoms with E-state index < -0.39 is 0 Å². The molecule has 1 aliphatic heterocycles. The van der Waals surface area contributed by atoms with Gasteiger partial charge in [0.1, 0.15) is 0 Å². The van der Waals surface area contributed by atoms with Crippen LogP contribution in [0.4, 0.5) is 0 Å². The number of rotatable bonds is 5. The third-order valence-electron chi connectivity index (χ3n) is 3.30. The SMILES string of the molecule is O=C(C1CNC1)N(Cc1cccs1)Cc1cccs1. The molecule has 0 spiro atoms. The lowest BCUT2D eigenvalue weighted by Crippen LogP contribution is -2.51. The molecule has 0 saturated carbocycles. The molecular formula is C14H16N2OS2. The van der Waals surface area contributed by atoms with Crippen LogP contribution in [0.3, 0.4) is 0 Å². The van der Waals surface area contributed by atoms with E-state index >= 15 is 0 Å². The normalized spacial score (nSPS) is 15.2. The predicted molar refractivity (Wildman–Crippen MR) is 79.3 cm³/mol. The Labute approximate surface area is 120 Å². The molecule has 1 aliphatic rings. The summed E-state index contributed by atoms with van der Waals surface area (Å²) in [6.45, 7) is 3.10. The third kappa shape index (κ3) is 3.05. The lowest BCUT2D eigenvalue weighted by atomic mass is 10.0. The smallest absolute Gasteiger partial charge is 0.228 e. The number of hydrogen-bond acceptors (Lipinski definition) is 4. The maximum absolute atomic E-state index is 12.5. The highest BCUT2D eigenvalue weighted by atomic mass is 32.1. The fourth-order valence-electron chi connectivity index (χ4n) is 2.11. The number of thiophene rings is 2. The van der Waals surface area contributed by atoms with Gasteiger partial charge in [0.25, 0.3) is 0 Å². The van der Waals surface area contributed by atoms with Crippen LogP contribution in [0.15, 0.2) is 35.0 Å². The molecule has 2 aromatic rings. The largest absolute Gasteiger partial charge is 0.332 e. The van der Waals surface area contributed by atoms with Gasteiger partial charge < -0.3 is 10.2 Å². The van der Waals surface area contributed by atoms with Crippen molar-refractivity contribution in [1.82, 2.24) is 10.2 Å². The van der Waals surface area contributed by atoms with Gasteiger partial charge in [0.05, 0.1) is 19.0 Å². The maximum atomic E-state index is 12.5. The topological polar surface area (TPSA) is 32.3 Å². The van der Waals surface area contributed by atoms with E-state index in [1.807, 2.05) is 17.0 Å². The first-order chi connectivity index (χ1) is 9.33. The van der Waals surface area contributed by atoms with Crippen LogP contribution in [-0.2, 0) is 17.9 Å². The molecule has 1 fully saturated rings. The zero-order chi connectivity index (χ0) is 13.1. The quantitative estimate of drug-likeness (QED) is 0.918. The van der Waals surface area contributed by atoms with E-state index in [4.69, 9.17) is 0 Å². The molecule has 1 saturated heterocycles. The Kier molecular flexibility index (Phi) is 3.96. The minimum Gasteiger partial charge on any atom is -0.332 e. The summed E-state index contributed by atoms with van der Waals surface area (Å²) in [5.41, 5.74) is 0. The van der Waals surface area contributed by atoms with E-state index in [2.05, 4.69) is 28.2 Å². The predicted octanol–water partition coefficient (Wildman–Crippen LogP) is 2.56. The van der Waals surface area contributed by atoms with Crippen LogP contribution in [-0.4, -0.2) is 23.9 Å². The van der Waals surface area contributed by atoms with Crippen molar-refractivity contribution in [3.8, 4) is 0 Å². The summed E-state index contributed by atoms with van der Waals surface area (Å²) in [7, 11) is 0. The van der Waals surface area contributed by atoms with E-state index in [1.165, 1.54) is 9.75 Å². The van der Waals surface area contributed by atoms with E-state index in [1.54, 1.807) is 22.7 Å². The van der Waals surface area contributed by atoms with E-state index in [9.17, 15) is 4.79 Å². The van der Waals surface area contributed by atoms with Crippen molar-refractivity contribution >= 4 is 28.6 Å². The summed E-state index contributed by atoms with van der Waals surface area (Å²) < 4.78 is 0. The van der Waals surface area contributed by atoms with Gasteiger partial charge in [-0.2, -0.15) is 0 Å². The molecule has 3 nitrogen and oxygen atoms in total. The van der Waals surface area contributed by atoms with Gasteiger partial charge in [0.2, 0.25) is 5.91 Å². The Hall–Kier alpha value is -1.17. The van der Waals surface area contributed by atoms with Gasteiger partial charge in [-0.15, -0.1) is 22.7 Å². The second kappa shape index (κ2) is 5.86. The summed E-state index contributed by atoms with van der Waals surface area (Å²) >= 11 is 3.42. The standard InChI is InChI=1S/C14H16N2OS2/c17-14(11-7-15-8-11)16(9-12-3-1-5-18-12)10-13-4-2-6-19-13/h1-6,11,15H,7-10H2. The molecule has 3 rings (SSSR count). The molecule has 1 amide bonds. The molecular weight excluding hydrogens is 276 g/mol. The molecule has 0 bridgehead atoms. The molecule has 0 unspecified atom stereocenters. The van der Waals surface area contributed by atoms with Crippen molar-refractivity contribution in [2.45, 2.75) is 13.1 Å². The Morgan fingerprint density at radius 1 is 1.16 bits per heavy atom. The van der Waals surface area contributed by atoms with Crippen molar-refractivity contribution in [3.63, 3.8) is 0 Å². The third-order valence-corrected chi connectivity index (χ3v) is 5.02. The van der Waals surface area contributed by atoms with Gasteiger partial charge in [-0.25, -0.2) is 0 Å². The van der Waals surface area contributed by atoms with E-state index in [0.29, 0.717) is 0 Å². The van der Waals surface area contributed by atoms with E-state index in [-0.39, 0.29) is 11.8 Å². The second-order valence-corrected chi connectivity index (χ2v) is 6.77. The number of carbonyl (C=O) groups is 1. The van der Waals surface area contributed by atoms with Gasteiger partial charge in [-0.3, -0.25) is 4.79 Å². The zero-order valence-corrected chi connectivity index (χ0v) is 12.2. The van der Waals surface area contributed by atoms with Gasteiger partial charge in [-0.1, -0.05) is 12.1 Å². The first-order valence-corrected chi connectivity index (χ1v) is 8.13. The minimum absolute atomic E-state index is 0.167. The summed E-state index contributed by atoms with van der Waals surface area (Å²) in [6.07, 6.45) is 0. The minimum atomic E-state index is 0.167. The summed E-state index contributed by atoms with van der Waals surface area (Å²) in [5, 5.41) is 7.30. The molecule has 2 aromatic heterocycles. The highest BCUT2D eigenvalue weighted by molar-refractivity contribution is 7.10. The lowest BCUT2D eigenvalue weighted by Gasteiger charge is -2.32. The Bertz CT molecular complexity index is 481. The van der Waals surface area contributed by atoms with Crippen LogP contribution < -0.4 is 5.32 Å². The Morgan fingerprint density at radius 2 is 1.74 bits per heavy atom. The van der Waals surface area contributed by atoms with Gasteiger partial charge >= 0.3 is 0 Å². The maximum Gasteiger partial charge on any atom is 0.228 e. The van der Waals surface area contributed by atoms with Crippen LogP contribution in [0.25, 0.3) is 0 Å². The highest BCUT2D eigenvalue weighted by Crippen LogP contribution is 2.20. The fraction of sp³-hybridized carbons (Fsp3) is 0.357. The highest BCUT2D eigenvalue weighted by Gasteiger charge is 2.29. The number of amides is 1. The summed E-state index contributed by atoms with van der Waals surface area (Å²) in [5.74, 6) is 0.445. The molecule has 1 N–H and O–H groups in total. The first-order valence-electron chi connectivity index (χ1n) is 6.37. The average Bonchev–Trinajstić information content (AvgIpc) is 2.98. The van der Waals surface area contributed by atoms with Crippen LogP contribution in [0, 0.1) is 5.92 Å². The zero-order valence-electron chi connectivity index (χ0n) is 10.5. The van der Waals surface area contributed by atoms with Gasteiger partial charge in [-0.05, 0) is 22.9 Å². The van der Waals surface area contributed by atoms with Crippen molar-refractivity contribution in [1.29, 1.82) is 0 Å². The van der Waals surface area contributed by atoms with Crippen molar-refractivity contribution < 1.29 is 4.79 Å². The molecule has 5 heteroatoms. The summed E-state index contributed by atoms with van der Waals surface area (Å²) in [6, 6.07) is 8.27. The van der Waals surface area contributed by atoms with Gasteiger partial charge in [0, 0.05) is 22.8 Å². The number of nitrogens with one attached hydrogen (secondary N) is 1. The lowest BCUT2D eigenvalue weighted by molar-refractivity contribution is -0.138. The molecule has 100 valence electrons. The molecule has 0 aromatic carbocycles.